The first-order valence-corrected chi connectivity index (χ1v) is 9.93. The van der Waals surface area contributed by atoms with E-state index in [9.17, 15) is 20.2 Å². The van der Waals surface area contributed by atoms with Crippen LogP contribution >= 0.6 is 0 Å². The number of nitro groups is 1. The molecule has 0 heterocycles. The van der Waals surface area contributed by atoms with Crippen LogP contribution in [0.2, 0.25) is 0 Å². The van der Waals surface area contributed by atoms with Crippen LogP contribution in [0.1, 0.15) is 16.7 Å². The van der Waals surface area contributed by atoms with Crippen LogP contribution in [0.15, 0.2) is 72.3 Å². The molecule has 0 aliphatic heterocycles. The van der Waals surface area contributed by atoms with Gasteiger partial charge in [-0.2, -0.15) is 5.26 Å². The summed E-state index contributed by atoms with van der Waals surface area (Å²) < 4.78 is 11.0. The summed E-state index contributed by atoms with van der Waals surface area (Å²) in [6.45, 7) is 2.39. The van der Waals surface area contributed by atoms with Crippen molar-refractivity contribution in [3.8, 4) is 17.6 Å². The summed E-state index contributed by atoms with van der Waals surface area (Å²) in [6.07, 6.45) is 1.41. The second kappa shape index (κ2) is 10.6. The molecule has 0 spiro atoms. The molecule has 0 radical (unpaired) electrons. The van der Waals surface area contributed by atoms with Crippen molar-refractivity contribution < 1.29 is 19.2 Å². The number of non-ortho nitro benzene ring substituents is 1. The summed E-state index contributed by atoms with van der Waals surface area (Å²) >= 11 is 0. The molecule has 3 aromatic rings. The van der Waals surface area contributed by atoms with Crippen LogP contribution in [0.25, 0.3) is 6.08 Å². The zero-order valence-electron chi connectivity index (χ0n) is 18.1. The zero-order valence-corrected chi connectivity index (χ0v) is 18.1. The third kappa shape index (κ3) is 6.18. The van der Waals surface area contributed by atoms with Gasteiger partial charge in [0.1, 0.15) is 29.7 Å². The number of hydrogen-bond donors (Lipinski definition) is 1. The van der Waals surface area contributed by atoms with Crippen molar-refractivity contribution in [1.29, 1.82) is 5.26 Å². The Labute approximate surface area is 190 Å². The summed E-state index contributed by atoms with van der Waals surface area (Å²) in [5.41, 5.74) is 2.47. The van der Waals surface area contributed by atoms with Crippen molar-refractivity contribution in [2.75, 3.05) is 12.4 Å². The lowest BCUT2D eigenvalue weighted by Crippen LogP contribution is -2.14. The molecule has 8 nitrogen and oxygen atoms in total. The van der Waals surface area contributed by atoms with Gasteiger partial charge in [0, 0.05) is 12.1 Å². The number of nitrogens with one attached hydrogen (secondary N) is 1. The average molecular weight is 443 g/mol. The number of nitrogens with zero attached hydrogens (tertiary/aromatic N) is 2. The Kier molecular flexibility index (Phi) is 7.39. The molecule has 0 bridgehead atoms. The molecule has 0 saturated heterocycles. The molecule has 3 rings (SSSR count). The smallest absolute Gasteiger partial charge is 0.271 e. The van der Waals surface area contributed by atoms with Gasteiger partial charge in [0.05, 0.1) is 17.7 Å². The number of nitriles is 1. The Bertz CT molecular complexity index is 1240. The number of ether oxygens (including phenoxy) is 2. The first-order chi connectivity index (χ1) is 15.9. The van der Waals surface area contributed by atoms with Gasteiger partial charge in [-0.15, -0.1) is 0 Å². The van der Waals surface area contributed by atoms with Crippen LogP contribution < -0.4 is 14.8 Å². The van der Waals surface area contributed by atoms with Crippen molar-refractivity contribution in [2.24, 2.45) is 0 Å². The predicted octanol–water partition coefficient (Wildman–Crippen LogP) is 5.04. The van der Waals surface area contributed by atoms with Gasteiger partial charge < -0.3 is 14.8 Å². The highest BCUT2D eigenvalue weighted by atomic mass is 16.6. The highest BCUT2D eigenvalue weighted by Gasteiger charge is 2.16. The SMILES string of the molecule is COc1ccc([N+](=O)[O-])cc1NC(=O)/C(C#N)=C/c1cccc(OCc2ccc(C)cc2)c1. The molecule has 0 aromatic heterocycles. The molecule has 8 heteroatoms. The standard InChI is InChI=1S/C25H21N3O5/c1-17-6-8-18(9-7-17)16-33-22-5-3-4-19(13-22)12-20(15-26)25(29)27-23-14-21(28(30)31)10-11-24(23)32-2/h3-14H,16H2,1-2H3,(H,27,29)/b20-12+. The number of nitro benzene ring substituents is 1. The van der Waals surface area contributed by atoms with Crippen molar-refractivity contribution >= 4 is 23.4 Å². The van der Waals surface area contributed by atoms with Crippen molar-refractivity contribution in [2.45, 2.75) is 13.5 Å². The molecule has 0 aliphatic rings. The summed E-state index contributed by atoms with van der Waals surface area (Å²) in [5, 5.41) is 23.0. The second-order valence-electron chi connectivity index (χ2n) is 7.11. The Morgan fingerprint density at radius 3 is 2.58 bits per heavy atom. The highest BCUT2D eigenvalue weighted by molar-refractivity contribution is 6.10. The van der Waals surface area contributed by atoms with E-state index in [4.69, 9.17) is 9.47 Å². The number of rotatable bonds is 8. The summed E-state index contributed by atoms with van der Waals surface area (Å²) in [7, 11) is 1.37. The number of aryl methyl sites for hydroxylation is 1. The number of anilines is 1. The van der Waals surface area contributed by atoms with E-state index in [1.54, 1.807) is 24.3 Å². The number of methoxy groups -OCH3 is 1. The van der Waals surface area contributed by atoms with E-state index in [0.29, 0.717) is 17.9 Å². The Morgan fingerprint density at radius 2 is 1.91 bits per heavy atom. The maximum absolute atomic E-state index is 12.7. The Balaban J connectivity index is 1.76. The first-order valence-electron chi connectivity index (χ1n) is 9.93. The molecule has 33 heavy (non-hydrogen) atoms. The molecule has 166 valence electrons. The van der Waals surface area contributed by atoms with Crippen LogP contribution in [0.4, 0.5) is 11.4 Å². The summed E-state index contributed by atoms with van der Waals surface area (Å²) in [4.78, 5) is 23.1. The van der Waals surface area contributed by atoms with Crippen LogP contribution in [0.3, 0.4) is 0 Å². The number of hydrogen-bond acceptors (Lipinski definition) is 6. The Hall–Kier alpha value is -4.64. The van der Waals surface area contributed by atoms with Gasteiger partial charge in [-0.3, -0.25) is 14.9 Å². The average Bonchev–Trinajstić information content (AvgIpc) is 2.82. The van der Waals surface area contributed by atoms with Gasteiger partial charge in [-0.1, -0.05) is 42.0 Å². The Morgan fingerprint density at radius 1 is 1.15 bits per heavy atom. The van der Waals surface area contributed by atoms with Gasteiger partial charge in [-0.05, 0) is 42.3 Å². The van der Waals surface area contributed by atoms with Gasteiger partial charge >= 0.3 is 0 Å². The topological polar surface area (TPSA) is 114 Å². The summed E-state index contributed by atoms with van der Waals surface area (Å²) in [5.74, 6) is 0.0994. The van der Waals surface area contributed by atoms with Gasteiger partial charge in [0.15, 0.2) is 0 Å². The minimum absolute atomic E-state index is 0.0908. The lowest BCUT2D eigenvalue weighted by molar-refractivity contribution is -0.384. The molecule has 0 aliphatic carbocycles. The fraction of sp³-hybridized carbons (Fsp3) is 0.120. The van der Waals surface area contributed by atoms with Gasteiger partial charge in [0.25, 0.3) is 11.6 Å². The lowest BCUT2D eigenvalue weighted by Gasteiger charge is -2.10. The number of carbonyl (C=O) groups is 1. The number of benzene rings is 3. The van der Waals surface area contributed by atoms with Gasteiger partial charge in [0.2, 0.25) is 0 Å². The molecule has 3 aromatic carbocycles. The van der Waals surface area contributed by atoms with E-state index in [2.05, 4.69) is 5.32 Å². The van der Waals surface area contributed by atoms with E-state index in [1.807, 2.05) is 37.3 Å². The molecule has 0 unspecified atom stereocenters. The molecule has 0 saturated carbocycles. The molecule has 0 atom stereocenters. The lowest BCUT2D eigenvalue weighted by atomic mass is 10.1. The number of carbonyl (C=O) groups excluding carboxylic acids is 1. The van der Waals surface area contributed by atoms with Crippen LogP contribution in [0, 0.1) is 28.4 Å². The second-order valence-corrected chi connectivity index (χ2v) is 7.11. The quantitative estimate of drug-likeness (QED) is 0.226. The van der Waals surface area contributed by atoms with Crippen molar-refractivity contribution in [3.63, 3.8) is 0 Å². The van der Waals surface area contributed by atoms with Crippen LogP contribution in [-0.4, -0.2) is 17.9 Å². The monoisotopic (exact) mass is 443 g/mol. The molecular formula is C25H21N3O5. The van der Waals surface area contributed by atoms with E-state index < -0.39 is 10.8 Å². The maximum atomic E-state index is 12.7. The fourth-order valence-corrected chi connectivity index (χ4v) is 2.96. The van der Waals surface area contributed by atoms with E-state index in [0.717, 1.165) is 11.1 Å². The molecule has 0 fully saturated rings. The molecule has 1 N–H and O–H groups in total. The first kappa shape index (κ1) is 23.0. The minimum Gasteiger partial charge on any atom is -0.495 e. The third-order valence-electron chi connectivity index (χ3n) is 4.70. The van der Waals surface area contributed by atoms with Gasteiger partial charge in [-0.25, -0.2) is 0 Å². The van der Waals surface area contributed by atoms with E-state index in [-0.39, 0.29) is 22.7 Å². The minimum atomic E-state index is -0.720. The zero-order chi connectivity index (χ0) is 23.8. The van der Waals surface area contributed by atoms with Crippen LogP contribution in [-0.2, 0) is 11.4 Å². The molecular weight excluding hydrogens is 422 g/mol. The predicted molar refractivity (Wildman–Crippen MR) is 124 cm³/mol. The number of amides is 1. The van der Waals surface area contributed by atoms with Crippen molar-refractivity contribution in [1.82, 2.24) is 0 Å². The maximum Gasteiger partial charge on any atom is 0.271 e. The van der Waals surface area contributed by atoms with E-state index in [1.165, 1.54) is 31.4 Å². The van der Waals surface area contributed by atoms with E-state index >= 15 is 0 Å². The largest absolute Gasteiger partial charge is 0.495 e. The highest BCUT2D eigenvalue weighted by Crippen LogP contribution is 2.29. The molecule has 1 amide bonds. The third-order valence-corrected chi connectivity index (χ3v) is 4.70. The normalized spacial score (nSPS) is 10.8. The summed E-state index contributed by atoms with van der Waals surface area (Å²) in [6, 6.07) is 20.6. The fourth-order valence-electron chi connectivity index (χ4n) is 2.96. The van der Waals surface area contributed by atoms with Crippen molar-refractivity contribution in [3.05, 3.63) is 99.1 Å². The van der Waals surface area contributed by atoms with Crippen LogP contribution in [0.5, 0.6) is 11.5 Å².